The summed E-state index contributed by atoms with van der Waals surface area (Å²) in [5, 5.41) is 9.55. The molecule has 0 aliphatic rings. The lowest BCUT2D eigenvalue weighted by atomic mass is 9.93. The van der Waals surface area contributed by atoms with Crippen LogP contribution < -0.4 is 0 Å². The van der Waals surface area contributed by atoms with Gasteiger partial charge >= 0.3 is 5.97 Å². The zero-order valence-corrected chi connectivity index (χ0v) is 27.1. The Morgan fingerprint density at radius 1 is 0.410 bits per heavy atom. The van der Waals surface area contributed by atoms with Crippen LogP contribution in [-0.2, 0) is 9.59 Å². The molecule has 0 fully saturated rings. The van der Waals surface area contributed by atoms with Crippen LogP contribution in [0.2, 0.25) is 0 Å². The number of ketones is 1. The first-order valence-electron chi connectivity index (χ1n) is 17.6. The largest absolute Gasteiger partial charge is 0.481 e. The van der Waals surface area contributed by atoms with Gasteiger partial charge in [0.05, 0.1) is 0 Å². The standard InChI is InChI=1S/C36H70O3/c1-32(2)28-24-20-16-12-8-5-6-11-15-19-23-27-31-35(37)34(36(38)39)30-26-22-18-14-10-7-9-13-17-21-25-29-33(3)4/h32-34H,5-31H2,1-4H3,(H,38,39). The average Bonchev–Trinajstić information content (AvgIpc) is 2.88. The molecule has 3 heteroatoms. The van der Waals surface area contributed by atoms with Crippen molar-refractivity contribution in [3.05, 3.63) is 0 Å². The van der Waals surface area contributed by atoms with Crippen LogP contribution in [-0.4, -0.2) is 16.9 Å². The molecule has 0 spiro atoms. The zero-order valence-electron chi connectivity index (χ0n) is 27.1. The fourth-order valence-corrected chi connectivity index (χ4v) is 5.71. The van der Waals surface area contributed by atoms with Crippen LogP contribution in [0.3, 0.4) is 0 Å². The summed E-state index contributed by atoms with van der Waals surface area (Å²) in [5.41, 5.74) is 0. The molecule has 0 aromatic rings. The van der Waals surface area contributed by atoms with Crippen LogP contribution in [0.5, 0.6) is 0 Å². The second-order valence-corrected chi connectivity index (χ2v) is 13.4. The highest BCUT2D eigenvalue weighted by Crippen LogP contribution is 2.19. The summed E-state index contributed by atoms with van der Waals surface area (Å²) in [4.78, 5) is 24.2. The summed E-state index contributed by atoms with van der Waals surface area (Å²) in [6.07, 6.45) is 32.9. The molecule has 0 aliphatic carbocycles. The Hall–Kier alpha value is -0.860. The summed E-state index contributed by atoms with van der Waals surface area (Å²) < 4.78 is 0. The molecule has 232 valence electrons. The lowest BCUT2D eigenvalue weighted by Crippen LogP contribution is -2.23. The minimum Gasteiger partial charge on any atom is -0.481 e. The summed E-state index contributed by atoms with van der Waals surface area (Å²) in [7, 11) is 0. The van der Waals surface area contributed by atoms with Crippen molar-refractivity contribution in [1.29, 1.82) is 0 Å². The van der Waals surface area contributed by atoms with Crippen LogP contribution in [0.25, 0.3) is 0 Å². The van der Waals surface area contributed by atoms with Gasteiger partial charge in [0.1, 0.15) is 11.7 Å². The van der Waals surface area contributed by atoms with E-state index >= 15 is 0 Å². The van der Waals surface area contributed by atoms with Crippen molar-refractivity contribution in [3.63, 3.8) is 0 Å². The van der Waals surface area contributed by atoms with Gasteiger partial charge in [-0.25, -0.2) is 0 Å². The Morgan fingerprint density at radius 2 is 0.667 bits per heavy atom. The van der Waals surface area contributed by atoms with Gasteiger partial charge in [-0.15, -0.1) is 0 Å². The number of unbranched alkanes of at least 4 members (excludes halogenated alkanes) is 21. The maximum absolute atomic E-state index is 12.5. The molecule has 0 heterocycles. The molecule has 0 radical (unpaired) electrons. The van der Waals surface area contributed by atoms with Crippen molar-refractivity contribution >= 4 is 11.8 Å². The number of hydrogen-bond acceptors (Lipinski definition) is 2. The highest BCUT2D eigenvalue weighted by molar-refractivity contribution is 5.98. The number of Topliss-reactive ketones (excluding diaryl/α,β-unsaturated/α-hetero) is 1. The molecule has 0 saturated carbocycles. The molecule has 0 amide bonds. The molecular formula is C36H70O3. The molecule has 3 nitrogen and oxygen atoms in total. The van der Waals surface area contributed by atoms with Crippen molar-refractivity contribution in [2.45, 2.75) is 201 Å². The second-order valence-electron chi connectivity index (χ2n) is 13.4. The van der Waals surface area contributed by atoms with E-state index in [9.17, 15) is 14.7 Å². The monoisotopic (exact) mass is 551 g/mol. The van der Waals surface area contributed by atoms with Crippen LogP contribution in [0.4, 0.5) is 0 Å². The van der Waals surface area contributed by atoms with E-state index in [1.807, 2.05) is 0 Å². The highest BCUT2D eigenvalue weighted by Gasteiger charge is 2.24. The molecule has 1 N–H and O–H groups in total. The third-order valence-corrected chi connectivity index (χ3v) is 8.42. The van der Waals surface area contributed by atoms with E-state index in [-0.39, 0.29) is 5.78 Å². The molecule has 0 rings (SSSR count). The normalized spacial score (nSPS) is 12.5. The number of carbonyl (C=O) groups excluding carboxylic acids is 1. The van der Waals surface area contributed by atoms with Crippen molar-refractivity contribution in [2.24, 2.45) is 17.8 Å². The predicted molar refractivity (Wildman–Crippen MR) is 170 cm³/mol. The molecule has 39 heavy (non-hydrogen) atoms. The Bertz CT molecular complexity index is 539. The number of carboxylic acid groups (broad SMARTS) is 1. The van der Waals surface area contributed by atoms with E-state index in [4.69, 9.17) is 0 Å². The quantitative estimate of drug-likeness (QED) is 0.0689. The van der Waals surface area contributed by atoms with Crippen LogP contribution in [0.15, 0.2) is 0 Å². The molecule has 0 bridgehead atoms. The maximum Gasteiger partial charge on any atom is 0.314 e. The first-order valence-corrected chi connectivity index (χ1v) is 17.6. The van der Waals surface area contributed by atoms with Crippen LogP contribution in [0, 0.1) is 17.8 Å². The fraction of sp³-hybridized carbons (Fsp3) is 0.944. The van der Waals surface area contributed by atoms with Crippen LogP contribution >= 0.6 is 0 Å². The molecule has 0 aliphatic heterocycles. The predicted octanol–water partition coefficient (Wildman–Crippen LogP) is 12.1. The van der Waals surface area contributed by atoms with Crippen LogP contribution in [0.1, 0.15) is 201 Å². The average molecular weight is 551 g/mol. The third-order valence-electron chi connectivity index (χ3n) is 8.42. The van der Waals surface area contributed by atoms with E-state index in [0.717, 1.165) is 37.5 Å². The fourth-order valence-electron chi connectivity index (χ4n) is 5.71. The van der Waals surface area contributed by atoms with E-state index in [2.05, 4.69) is 27.7 Å². The summed E-state index contributed by atoms with van der Waals surface area (Å²) in [6, 6.07) is 0. The lowest BCUT2D eigenvalue weighted by molar-refractivity contribution is -0.146. The minimum atomic E-state index is -0.909. The Balaban J connectivity index is 3.56. The first-order chi connectivity index (χ1) is 18.8. The van der Waals surface area contributed by atoms with Crippen molar-refractivity contribution in [1.82, 2.24) is 0 Å². The van der Waals surface area contributed by atoms with Gasteiger partial charge in [0.2, 0.25) is 0 Å². The van der Waals surface area contributed by atoms with Gasteiger partial charge in [-0.05, 0) is 24.7 Å². The highest BCUT2D eigenvalue weighted by atomic mass is 16.4. The lowest BCUT2D eigenvalue weighted by Gasteiger charge is -2.11. The minimum absolute atomic E-state index is 0.0377. The first kappa shape index (κ1) is 38.1. The molecule has 0 aromatic carbocycles. The molecule has 0 saturated heterocycles. The summed E-state index contributed by atoms with van der Waals surface area (Å²) >= 11 is 0. The topological polar surface area (TPSA) is 54.4 Å². The van der Waals surface area contributed by atoms with Gasteiger partial charge in [0.25, 0.3) is 0 Å². The molecule has 1 atom stereocenters. The number of carboxylic acids is 1. The van der Waals surface area contributed by atoms with Crippen molar-refractivity contribution < 1.29 is 14.7 Å². The smallest absolute Gasteiger partial charge is 0.314 e. The number of aliphatic carboxylic acids is 1. The van der Waals surface area contributed by atoms with Crippen molar-refractivity contribution in [2.75, 3.05) is 0 Å². The van der Waals surface area contributed by atoms with Gasteiger partial charge < -0.3 is 5.11 Å². The van der Waals surface area contributed by atoms with E-state index < -0.39 is 11.9 Å². The van der Waals surface area contributed by atoms with Gasteiger partial charge in [-0.3, -0.25) is 9.59 Å². The van der Waals surface area contributed by atoms with Gasteiger partial charge in [0.15, 0.2) is 0 Å². The Labute approximate surface area is 245 Å². The zero-order chi connectivity index (χ0) is 29.0. The summed E-state index contributed by atoms with van der Waals surface area (Å²) in [5.74, 6) is -0.0314. The Kier molecular flexibility index (Phi) is 28.0. The number of hydrogen-bond donors (Lipinski definition) is 1. The van der Waals surface area contributed by atoms with Gasteiger partial charge in [-0.2, -0.15) is 0 Å². The van der Waals surface area contributed by atoms with E-state index in [0.29, 0.717) is 12.8 Å². The molecule has 1 unspecified atom stereocenters. The summed E-state index contributed by atoms with van der Waals surface area (Å²) in [6.45, 7) is 9.24. The SMILES string of the molecule is CC(C)CCCCCCCCCCCCCCC(=O)C(CCCCCCCCCCCCCC(C)C)C(=O)O. The second kappa shape index (κ2) is 28.7. The van der Waals surface area contributed by atoms with Gasteiger partial charge in [0, 0.05) is 6.42 Å². The van der Waals surface area contributed by atoms with Gasteiger partial charge in [-0.1, -0.05) is 182 Å². The van der Waals surface area contributed by atoms with E-state index in [1.54, 1.807) is 0 Å². The third kappa shape index (κ3) is 28.5. The maximum atomic E-state index is 12.5. The van der Waals surface area contributed by atoms with E-state index in [1.165, 1.54) is 135 Å². The Morgan fingerprint density at radius 3 is 0.949 bits per heavy atom. The number of rotatable bonds is 31. The molecular weight excluding hydrogens is 480 g/mol. The number of carbonyl (C=O) groups is 2. The van der Waals surface area contributed by atoms with Crippen molar-refractivity contribution in [3.8, 4) is 0 Å². The molecule has 0 aromatic heterocycles.